The number of carbonyl (C=O) groups excluding carboxylic acids is 2. The van der Waals surface area contributed by atoms with Crippen molar-refractivity contribution in [2.24, 2.45) is 0 Å². The lowest BCUT2D eigenvalue weighted by molar-refractivity contribution is -0.124. The Balaban J connectivity index is 1.72. The van der Waals surface area contributed by atoms with Gasteiger partial charge in [-0.3, -0.25) is 4.79 Å². The van der Waals surface area contributed by atoms with Crippen LogP contribution in [0, 0.1) is 13.8 Å². The van der Waals surface area contributed by atoms with E-state index in [-0.39, 0.29) is 5.91 Å². The molecule has 0 bridgehead atoms. The summed E-state index contributed by atoms with van der Waals surface area (Å²) in [7, 11) is 0. The molecular weight excluding hydrogens is 330 g/mol. The first-order chi connectivity index (χ1) is 12.5. The Hall–Kier alpha value is -3.15. The minimum atomic E-state index is -0.861. The molecule has 1 aromatic heterocycles. The summed E-state index contributed by atoms with van der Waals surface area (Å²) >= 11 is 0. The van der Waals surface area contributed by atoms with Crippen molar-refractivity contribution in [3.63, 3.8) is 0 Å². The average molecular weight is 351 g/mol. The molecule has 2 N–H and O–H groups in total. The van der Waals surface area contributed by atoms with Gasteiger partial charge in [-0.25, -0.2) is 9.78 Å². The second-order valence-corrected chi connectivity index (χ2v) is 6.17. The van der Waals surface area contributed by atoms with E-state index in [1.54, 1.807) is 31.5 Å². The minimum absolute atomic E-state index is 0.336. The van der Waals surface area contributed by atoms with Crippen LogP contribution in [0.25, 0.3) is 11.0 Å². The molecule has 6 heteroatoms. The largest absolute Gasteiger partial charge is 0.449 e. The van der Waals surface area contributed by atoms with Gasteiger partial charge in [0.1, 0.15) is 0 Å². The summed E-state index contributed by atoms with van der Waals surface area (Å²) in [5.41, 5.74) is 4.68. The molecule has 1 atom stereocenters. The lowest BCUT2D eigenvalue weighted by Gasteiger charge is -2.17. The zero-order chi connectivity index (χ0) is 18.7. The normalized spacial score (nSPS) is 12.0. The number of ether oxygens (including phenoxy) is 1. The number of hydrogen-bond donors (Lipinski definition) is 2. The van der Waals surface area contributed by atoms with Gasteiger partial charge in [0.2, 0.25) is 0 Å². The van der Waals surface area contributed by atoms with Crippen molar-refractivity contribution in [2.45, 2.75) is 33.3 Å². The fourth-order valence-corrected chi connectivity index (χ4v) is 2.68. The van der Waals surface area contributed by atoms with Crippen molar-refractivity contribution in [1.82, 2.24) is 9.97 Å². The second-order valence-electron chi connectivity index (χ2n) is 6.17. The molecule has 0 aliphatic heterocycles. The smallest absolute Gasteiger partial charge is 0.338 e. The third-order valence-corrected chi connectivity index (χ3v) is 4.43. The van der Waals surface area contributed by atoms with Crippen LogP contribution in [0.5, 0.6) is 0 Å². The van der Waals surface area contributed by atoms with Crippen molar-refractivity contribution in [3.8, 4) is 0 Å². The van der Waals surface area contributed by atoms with E-state index in [2.05, 4.69) is 15.3 Å². The first kappa shape index (κ1) is 17.7. The number of nitrogens with one attached hydrogen (secondary N) is 2. The Bertz CT molecular complexity index is 962. The zero-order valence-corrected chi connectivity index (χ0v) is 15.0. The number of benzene rings is 2. The molecule has 0 radical (unpaired) electrons. The molecule has 3 aromatic rings. The lowest BCUT2D eigenvalue weighted by Crippen LogP contribution is -2.32. The molecule has 2 aromatic carbocycles. The summed E-state index contributed by atoms with van der Waals surface area (Å²) in [6.07, 6.45) is 1.08. The van der Waals surface area contributed by atoms with E-state index >= 15 is 0 Å². The van der Waals surface area contributed by atoms with Crippen LogP contribution in [0.1, 0.15) is 34.8 Å². The molecule has 3 rings (SSSR count). The summed E-state index contributed by atoms with van der Waals surface area (Å²) in [5.74, 6) is -0.873. The van der Waals surface area contributed by atoms with Gasteiger partial charge in [0, 0.05) is 5.69 Å². The predicted molar refractivity (Wildman–Crippen MR) is 100 cm³/mol. The topological polar surface area (TPSA) is 84.1 Å². The molecule has 0 aliphatic rings. The number of aromatic amines is 1. The third-order valence-electron chi connectivity index (χ3n) is 4.43. The van der Waals surface area contributed by atoms with Crippen molar-refractivity contribution < 1.29 is 14.3 Å². The van der Waals surface area contributed by atoms with Crippen molar-refractivity contribution in [1.29, 1.82) is 0 Å². The Labute approximate surface area is 151 Å². The second kappa shape index (κ2) is 7.39. The van der Waals surface area contributed by atoms with Gasteiger partial charge in [0.25, 0.3) is 5.91 Å². The average Bonchev–Trinajstić information content (AvgIpc) is 3.10. The molecule has 0 saturated heterocycles. The number of rotatable bonds is 5. The highest BCUT2D eigenvalue weighted by Crippen LogP contribution is 2.19. The van der Waals surface area contributed by atoms with Crippen molar-refractivity contribution in [2.75, 3.05) is 5.32 Å². The number of H-pyrrole nitrogens is 1. The molecule has 134 valence electrons. The highest BCUT2D eigenvalue weighted by molar-refractivity contribution is 5.99. The molecule has 0 fully saturated rings. The molecular formula is C20H21N3O3. The van der Waals surface area contributed by atoms with Gasteiger partial charge in [0.05, 0.1) is 22.9 Å². The predicted octanol–water partition coefficient (Wildman–Crippen LogP) is 3.75. The fourth-order valence-electron chi connectivity index (χ4n) is 2.68. The first-order valence-electron chi connectivity index (χ1n) is 8.50. The number of imidazole rings is 1. The number of anilines is 1. The van der Waals surface area contributed by atoms with Crippen LogP contribution in [-0.2, 0) is 9.53 Å². The van der Waals surface area contributed by atoms with Crippen LogP contribution >= 0.6 is 0 Å². The van der Waals surface area contributed by atoms with Crippen molar-refractivity contribution >= 4 is 28.6 Å². The van der Waals surface area contributed by atoms with Crippen LogP contribution in [0.3, 0.4) is 0 Å². The van der Waals surface area contributed by atoms with Crippen LogP contribution < -0.4 is 5.32 Å². The third kappa shape index (κ3) is 3.59. The molecule has 0 saturated carbocycles. The van der Waals surface area contributed by atoms with E-state index in [0.717, 1.165) is 27.8 Å². The number of aryl methyl sites for hydroxylation is 1. The van der Waals surface area contributed by atoms with Gasteiger partial charge in [-0.05, 0) is 55.7 Å². The molecule has 6 nitrogen and oxygen atoms in total. The van der Waals surface area contributed by atoms with E-state index in [0.29, 0.717) is 12.0 Å². The first-order valence-corrected chi connectivity index (χ1v) is 8.50. The maximum atomic E-state index is 12.5. The Kier molecular flexibility index (Phi) is 5.02. The molecule has 1 unspecified atom stereocenters. The monoisotopic (exact) mass is 351 g/mol. The number of fused-ring (bicyclic) bond motifs is 1. The van der Waals surface area contributed by atoms with Crippen LogP contribution in [0.15, 0.2) is 42.7 Å². The maximum Gasteiger partial charge on any atom is 0.338 e. The minimum Gasteiger partial charge on any atom is -0.449 e. The summed E-state index contributed by atoms with van der Waals surface area (Å²) in [6.45, 7) is 5.73. The number of carbonyl (C=O) groups is 2. The number of amides is 1. The van der Waals surface area contributed by atoms with Crippen LogP contribution in [0.2, 0.25) is 0 Å². The number of esters is 1. The summed E-state index contributed by atoms with van der Waals surface area (Å²) < 4.78 is 5.43. The quantitative estimate of drug-likeness (QED) is 0.686. The molecule has 1 amide bonds. The van der Waals surface area contributed by atoms with Gasteiger partial charge in [-0.2, -0.15) is 0 Å². The fraction of sp³-hybridized carbons (Fsp3) is 0.250. The Morgan fingerprint density at radius 1 is 1.23 bits per heavy atom. The molecule has 26 heavy (non-hydrogen) atoms. The maximum absolute atomic E-state index is 12.5. The van der Waals surface area contributed by atoms with Crippen LogP contribution in [-0.4, -0.2) is 27.9 Å². The SMILES string of the molecule is CCC(OC(=O)c1ccc2nc[nH]c2c1)C(=O)Nc1cccc(C)c1C. The zero-order valence-electron chi connectivity index (χ0n) is 15.0. The Morgan fingerprint density at radius 2 is 2.04 bits per heavy atom. The Morgan fingerprint density at radius 3 is 2.81 bits per heavy atom. The van der Waals surface area contributed by atoms with E-state index < -0.39 is 12.1 Å². The number of hydrogen-bond acceptors (Lipinski definition) is 4. The van der Waals surface area contributed by atoms with Gasteiger partial charge in [-0.15, -0.1) is 0 Å². The summed E-state index contributed by atoms with van der Waals surface area (Å²) in [5, 5.41) is 2.85. The number of nitrogens with zero attached hydrogens (tertiary/aromatic N) is 1. The number of aromatic nitrogens is 2. The van der Waals surface area contributed by atoms with E-state index in [4.69, 9.17) is 4.74 Å². The highest BCUT2D eigenvalue weighted by Gasteiger charge is 2.23. The van der Waals surface area contributed by atoms with Gasteiger partial charge < -0.3 is 15.0 Å². The summed E-state index contributed by atoms with van der Waals surface area (Å²) in [4.78, 5) is 32.0. The van der Waals surface area contributed by atoms with Crippen LogP contribution in [0.4, 0.5) is 5.69 Å². The highest BCUT2D eigenvalue weighted by atomic mass is 16.5. The van der Waals surface area contributed by atoms with Crippen molar-refractivity contribution in [3.05, 3.63) is 59.4 Å². The lowest BCUT2D eigenvalue weighted by atomic mass is 10.1. The van der Waals surface area contributed by atoms with Gasteiger partial charge in [0.15, 0.2) is 6.10 Å². The van der Waals surface area contributed by atoms with E-state index in [1.165, 1.54) is 0 Å². The molecule has 0 spiro atoms. The molecule has 0 aliphatic carbocycles. The van der Waals surface area contributed by atoms with Gasteiger partial charge in [-0.1, -0.05) is 19.1 Å². The van der Waals surface area contributed by atoms with Gasteiger partial charge >= 0.3 is 5.97 Å². The van der Waals surface area contributed by atoms with E-state index in [1.807, 2.05) is 32.0 Å². The van der Waals surface area contributed by atoms with E-state index in [9.17, 15) is 9.59 Å². The standard InChI is InChI=1S/C20H21N3O3/c1-4-18(19(24)23-15-7-5-6-12(2)13(15)3)26-20(25)14-8-9-16-17(10-14)22-11-21-16/h5-11,18H,4H2,1-3H3,(H,21,22)(H,23,24). The summed E-state index contributed by atoms with van der Waals surface area (Å²) in [6, 6.07) is 10.7. The molecule has 1 heterocycles.